The number of rotatable bonds is 4. The monoisotopic (exact) mass is 294 g/mol. The Kier molecular flexibility index (Phi) is 3.96. The van der Waals surface area contributed by atoms with Gasteiger partial charge in [-0.2, -0.15) is 0 Å². The van der Waals surface area contributed by atoms with Gasteiger partial charge in [-0.05, 0) is 24.3 Å². The Morgan fingerprint density at radius 3 is 2.86 bits per heavy atom. The van der Waals surface area contributed by atoms with Gasteiger partial charge in [0.2, 0.25) is 0 Å². The van der Waals surface area contributed by atoms with Crippen LogP contribution in [0.4, 0.5) is 0 Å². The lowest BCUT2D eigenvalue weighted by Crippen LogP contribution is -2.04. The van der Waals surface area contributed by atoms with Crippen LogP contribution < -0.4 is 4.74 Å². The standard InChI is InChI=1S/C17H14N2O3/c1-21-17(20)12-6-4-7-14(9-12)22-11-16-18-10-13-5-2-3-8-15(13)19-16/h2-10H,11H2,1H3. The molecule has 0 N–H and O–H groups in total. The lowest BCUT2D eigenvalue weighted by Gasteiger charge is -2.07. The first-order valence-corrected chi connectivity index (χ1v) is 6.78. The van der Waals surface area contributed by atoms with E-state index in [0.717, 1.165) is 10.9 Å². The summed E-state index contributed by atoms with van der Waals surface area (Å²) in [4.78, 5) is 20.2. The van der Waals surface area contributed by atoms with Crippen LogP contribution in [0.15, 0.2) is 54.7 Å². The fourth-order valence-corrected chi connectivity index (χ4v) is 2.06. The van der Waals surface area contributed by atoms with Gasteiger partial charge in [0.15, 0.2) is 5.82 Å². The zero-order chi connectivity index (χ0) is 15.4. The molecule has 0 aliphatic rings. The second kappa shape index (κ2) is 6.22. The molecule has 5 heteroatoms. The third-order valence-electron chi connectivity index (χ3n) is 3.16. The summed E-state index contributed by atoms with van der Waals surface area (Å²) in [6, 6.07) is 14.6. The zero-order valence-electron chi connectivity index (χ0n) is 12.0. The van der Waals surface area contributed by atoms with E-state index in [4.69, 9.17) is 4.74 Å². The van der Waals surface area contributed by atoms with Crippen LogP contribution in [-0.2, 0) is 11.3 Å². The molecule has 0 spiro atoms. The first-order chi connectivity index (χ1) is 10.8. The summed E-state index contributed by atoms with van der Waals surface area (Å²) in [5.41, 5.74) is 1.32. The Bertz CT molecular complexity index is 818. The third kappa shape index (κ3) is 3.03. The molecular weight excluding hydrogens is 280 g/mol. The molecule has 0 aliphatic carbocycles. The Hall–Kier alpha value is -2.95. The number of fused-ring (bicyclic) bond motifs is 1. The van der Waals surface area contributed by atoms with Crippen LogP contribution in [0.2, 0.25) is 0 Å². The molecule has 0 aliphatic heterocycles. The molecule has 0 amide bonds. The van der Waals surface area contributed by atoms with Crippen molar-refractivity contribution in [2.75, 3.05) is 7.11 Å². The topological polar surface area (TPSA) is 61.3 Å². The van der Waals surface area contributed by atoms with Gasteiger partial charge in [-0.15, -0.1) is 0 Å². The quantitative estimate of drug-likeness (QED) is 0.692. The average molecular weight is 294 g/mol. The normalized spacial score (nSPS) is 10.4. The molecule has 0 saturated carbocycles. The van der Waals surface area contributed by atoms with Crippen molar-refractivity contribution in [2.24, 2.45) is 0 Å². The van der Waals surface area contributed by atoms with Gasteiger partial charge in [0.1, 0.15) is 12.4 Å². The Balaban J connectivity index is 1.75. The number of aromatic nitrogens is 2. The van der Waals surface area contributed by atoms with Gasteiger partial charge in [0.05, 0.1) is 18.2 Å². The minimum atomic E-state index is -0.396. The summed E-state index contributed by atoms with van der Waals surface area (Å²) < 4.78 is 10.3. The first-order valence-electron chi connectivity index (χ1n) is 6.78. The van der Waals surface area contributed by atoms with E-state index >= 15 is 0 Å². The summed E-state index contributed by atoms with van der Waals surface area (Å²) in [5.74, 6) is 0.759. The summed E-state index contributed by atoms with van der Waals surface area (Å²) in [5, 5.41) is 0.985. The predicted octanol–water partition coefficient (Wildman–Crippen LogP) is 3.00. The maximum atomic E-state index is 11.5. The maximum absolute atomic E-state index is 11.5. The lowest BCUT2D eigenvalue weighted by molar-refractivity contribution is 0.0600. The van der Waals surface area contributed by atoms with E-state index in [2.05, 4.69) is 14.7 Å². The van der Waals surface area contributed by atoms with E-state index in [1.807, 2.05) is 24.3 Å². The number of carbonyl (C=O) groups is 1. The number of hydrogen-bond donors (Lipinski definition) is 0. The van der Waals surface area contributed by atoms with Crippen LogP contribution in [0.1, 0.15) is 16.2 Å². The number of esters is 1. The van der Waals surface area contributed by atoms with Crippen molar-refractivity contribution in [1.82, 2.24) is 9.97 Å². The largest absolute Gasteiger partial charge is 0.486 e. The van der Waals surface area contributed by atoms with Crippen LogP contribution in [-0.4, -0.2) is 23.0 Å². The average Bonchev–Trinajstić information content (AvgIpc) is 2.59. The number of nitrogens with zero attached hydrogens (tertiary/aromatic N) is 2. The van der Waals surface area contributed by atoms with E-state index < -0.39 is 5.97 Å². The zero-order valence-corrected chi connectivity index (χ0v) is 12.0. The molecule has 2 aromatic carbocycles. The van der Waals surface area contributed by atoms with Gasteiger partial charge in [-0.3, -0.25) is 0 Å². The van der Waals surface area contributed by atoms with Crippen molar-refractivity contribution in [3.05, 3.63) is 66.1 Å². The number of carbonyl (C=O) groups excluding carboxylic acids is 1. The predicted molar refractivity (Wildman–Crippen MR) is 81.7 cm³/mol. The van der Waals surface area contributed by atoms with Gasteiger partial charge in [0.25, 0.3) is 0 Å². The van der Waals surface area contributed by atoms with Crippen molar-refractivity contribution < 1.29 is 14.3 Å². The highest BCUT2D eigenvalue weighted by Crippen LogP contribution is 2.16. The van der Waals surface area contributed by atoms with Gasteiger partial charge in [0, 0.05) is 11.6 Å². The summed E-state index contributed by atoms with van der Waals surface area (Å²) in [6.07, 6.45) is 1.77. The van der Waals surface area contributed by atoms with Crippen LogP contribution in [0.3, 0.4) is 0 Å². The van der Waals surface area contributed by atoms with Crippen molar-refractivity contribution in [1.29, 1.82) is 0 Å². The number of ether oxygens (including phenoxy) is 2. The lowest BCUT2D eigenvalue weighted by atomic mass is 10.2. The molecule has 3 aromatic rings. The van der Waals surface area contributed by atoms with Gasteiger partial charge in [-0.25, -0.2) is 14.8 Å². The Morgan fingerprint density at radius 1 is 1.14 bits per heavy atom. The fraction of sp³-hybridized carbons (Fsp3) is 0.118. The molecule has 0 bridgehead atoms. The van der Waals surface area contributed by atoms with E-state index in [1.54, 1.807) is 30.5 Å². The molecule has 1 aromatic heterocycles. The molecule has 22 heavy (non-hydrogen) atoms. The van der Waals surface area contributed by atoms with Crippen LogP contribution in [0.25, 0.3) is 10.9 Å². The van der Waals surface area contributed by atoms with E-state index in [1.165, 1.54) is 7.11 Å². The molecule has 0 atom stereocenters. The van der Waals surface area contributed by atoms with Crippen molar-refractivity contribution >= 4 is 16.9 Å². The molecule has 1 heterocycles. The first kappa shape index (κ1) is 14.0. The molecule has 0 fully saturated rings. The molecule has 3 rings (SSSR count). The Morgan fingerprint density at radius 2 is 2.00 bits per heavy atom. The highest BCUT2D eigenvalue weighted by Gasteiger charge is 2.07. The van der Waals surface area contributed by atoms with E-state index in [-0.39, 0.29) is 6.61 Å². The van der Waals surface area contributed by atoms with Gasteiger partial charge in [-0.1, -0.05) is 24.3 Å². The number of benzene rings is 2. The third-order valence-corrected chi connectivity index (χ3v) is 3.16. The molecule has 0 saturated heterocycles. The van der Waals surface area contributed by atoms with Gasteiger partial charge >= 0.3 is 5.97 Å². The maximum Gasteiger partial charge on any atom is 0.337 e. The number of para-hydroxylation sites is 1. The van der Waals surface area contributed by atoms with Gasteiger partial charge < -0.3 is 9.47 Å². The molecule has 0 radical (unpaired) electrons. The molecule has 0 unspecified atom stereocenters. The van der Waals surface area contributed by atoms with Crippen molar-refractivity contribution in [3.63, 3.8) is 0 Å². The minimum Gasteiger partial charge on any atom is -0.486 e. The Labute approximate surface area is 127 Å². The van der Waals surface area contributed by atoms with Crippen LogP contribution in [0.5, 0.6) is 5.75 Å². The highest BCUT2D eigenvalue weighted by atomic mass is 16.5. The fourth-order valence-electron chi connectivity index (χ4n) is 2.06. The molecule has 5 nitrogen and oxygen atoms in total. The van der Waals surface area contributed by atoms with E-state index in [0.29, 0.717) is 17.1 Å². The SMILES string of the molecule is COC(=O)c1cccc(OCc2ncc3ccccc3n2)c1. The van der Waals surface area contributed by atoms with Crippen molar-refractivity contribution in [2.45, 2.75) is 6.61 Å². The van der Waals surface area contributed by atoms with E-state index in [9.17, 15) is 4.79 Å². The summed E-state index contributed by atoms with van der Waals surface area (Å²) >= 11 is 0. The highest BCUT2D eigenvalue weighted by molar-refractivity contribution is 5.89. The van der Waals surface area contributed by atoms with Crippen molar-refractivity contribution in [3.8, 4) is 5.75 Å². The molecular formula is C17H14N2O3. The molecule has 110 valence electrons. The second-order valence-electron chi connectivity index (χ2n) is 4.65. The van der Waals surface area contributed by atoms with Crippen LogP contribution in [0, 0.1) is 0 Å². The summed E-state index contributed by atoms with van der Waals surface area (Å²) in [6.45, 7) is 0.232. The number of hydrogen-bond acceptors (Lipinski definition) is 5. The summed E-state index contributed by atoms with van der Waals surface area (Å²) in [7, 11) is 1.35. The minimum absolute atomic E-state index is 0.232. The number of methoxy groups -OCH3 is 1. The van der Waals surface area contributed by atoms with Crippen LogP contribution >= 0.6 is 0 Å². The smallest absolute Gasteiger partial charge is 0.337 e. The second-order valence-corrected chi connectivity index (χ2v) is 4.65.